The third-order valence-electron chi connectivity index (χ3n) is 9.72. The summed E-state index contributed by atoms with van der Waals surface area (Å²) in [6.07, 6.45) is 7.13. The van der Waals surface area contributed by atoms with Gasteiger partial charge in [-0.2, -0.15) is 0 Å². The normalized spacial score (nSPS) is 21.4. The monoisotopic (exact) mass is 676 g/mol. The molecular formula is C34H49ClN4O6S. The summed E-state index contributed by atoms with van der Waals surface area (Å²) >= 11 is 0. The summed E-state index contributed by atoms with van der Waals surface area (Å²) in [4.78, 5) is 31.7. The molecule has 2 atom stereocenters. The number of aliphatic hydroxyl groups is 1. The van der Waals surface area contributed by atoms with Crippen LogP contribution in [0, 0.1) is 5.92 Å². The minimum absolute atomic E-state index is 0. The van der Waals surface area contributed by atoms with Crippen molar-refractivity contribution in [1.82, 2.24) is 15.1 Å². The molecule has 1 spiro atoms. The van der Waals surface area contributed by atoms with Gasteiger partial charge in [0.15, 0.2) is 0 Å². The van der Waals surface area contributed by atoms with Gasteiger partial charge in [0.25, 0.3) is 0 Å². The summed E-state index contributed by atoms with van der Waals surface area (Å²) in [5.41, 5.74) is 0.739. The molecule has 1 aliphatic carbocycles. The van der Waals surface area contributed by atoms with Crippen LogP contribution in [0.2, 0.25) is 0 Å². The predicted molar refractivity (Wildman–Crippen MR) is 182 cm³/mol. The van der Waals surface area contributed by atoms with Crippen LogP contribution in [0.1, 0.15) is 77.2 Å². The fraction of sp³-hybridized carbons (Fsp3) is 0.588. The summed E-state index contributed by atoms with van der Waals surface area (Å²) in [6.45, 7) is 6.30. The fourth-order valence-corrected chi connectivity index (χ4v) is 7.58. The van der Waals surface area contributed by atoms with Crippen molar-refractivity contribution in [1.29, 1.82) is 0 Å². The molecule has 3 N–H and O–H groups in total. The van der Waals surface area contributed by atoms with Crippen molar-refractivity contribution in [2.45, 2.75) is 95.9 Å². The number of unbranched alkanes of at least 4 members (excludes halogenated alkanes) is 1. The molecule has 5 rings (SSSR count). The van der Waals surface area contributed by atoms with Crippen molar-refractivity contribution in [3.63, 3.8) is 0 Å². The number of anilines is 1. The Hall–Kier alpha value is -2.86. The first-order valence-corrected chi connectivity index (χ1v) is 18.2. The molecule has 2 aliphatic heterocycles. The van der Waals surface area contributed by atoms with Gasteiger partial charge in [-0.15, -0.1) is 12.4 Å². The number of piperazine rings is 1. The second kappa shape index (κ2) is 15.8. The lowest BCUT2D eigenvalue weighted by Gasteiger charge is -2.52. The van der Waals surface area contributed by atoms with Crippen molar-refractivity contribution >= 4 is 39.9 Å². The van der Waals surface area contributed by atoms with Crippen LogP contribution in [-0.2, 0) is 26.2 Å². The predicted octanol–water partition coefficient (Wildman–Crippen LogP) is 5.07. The quantitative estimate of drug-likeness (QED) is 0.287. The molecule has 1 saturated carbocycles. The molecule has 2 heterocycles. The van der Waals surface area contributed by atoms with E-state index < -0.39 is 27.7 Å². The van der Waals surface area contributed by atoms with Gasteiger partial charge in [0, 0.05) is 31.9 Å². The lowest BCUT2D eigenvalue weighted by molar-refractivity contribution is -0.166. The van der Waals surface area contributed by atoms with Gasteiger partial charge in [-0.3, -0.25) is 19.2 Å². The maximum absolute atomic E-state index is 13.9. The van der Waals surface area contributed by atoms with Crippen LogP contribution < -0.4 is 14.8 Å². The van der Waals surface area contributed by atoms with Crippen LogP contribution in [0.5, 0.6) is 11.5 Å². The van der Waals surface area contributed by atoms with Gasteiger partial charge in [-0.05, 0) is 86.9 Å². The first kappa shape index (κ1) is 36.0. The Morgan fingerprint density at radius 3 is 2.17 bits per heavy atom. The summed E-state index contributed by atoms with van der Waals surface area (Å²) in [5.74, 6) is 1.10. The van der Waals surface area contributed by atoms with Crippen molar-refractivity contribution in [2.75, 3.05) is 30.1 Å². The average molecular weight is 677 g/mol. The van der Waals surface area contributed by atoms with Gasteiger partial charge in [-0.25, -0.2) is 8.42 Å². The van der Waals surface area contributed by atoms with Gasteiger partial charge < -0.3 is 20.1 Å². The Kier molecular flexibility index (Phi) is 12.4. The van der Waals surface area contributed by atoms with E-state index in [1.54, 1.807) is 31.2 Å². The lowest BCUT2D eigenvalue weighted by Crippen LogP contribution is -2.75. The molecule has 254 valence electrons. The van der Waals surface area contributed by atoms with E-state index in [-0.39, 0.29) is 35.9 Å². The molecule has 2 aromatic carbocycles. The van der Waals surface area contributed by atoms with Gasteiger partial charge >= 0.3 is 0 Å². The molecule has 0 unspecified atom stereocenters. The minimum Gasteiger partial charge on any atom is -0.457 e. The number of nitrogens with one attached hydrogen (secondary N) is 2. The number of carbonyl (C=O) groups excluding carboxylic acids is 2. The van der Waals surface area contributed by atoms with Crippen LogP contribution in [0.3, 0.4) is 0 Å². The highest BCUT2D eigenvalue weighted by molar-refractivity contribution is 7.92. The topological polar surface area (TPSA) is 128 Å². The summed E-state index contributed by atoms with van der Waals surface area (Å²) in [5, 5.41) is 14.2. The molecule has 3 fully saturated rings. The van der Waals surface area contributed by atoms with Crippen molar-refractivity contribution in [2.24, 2.45) is 5.92 Å². The number of hydrogen-bond donors (Lipinski definition) is 3. The zero-order chi connectivity index (χ0) is 32.0. The van der Waals surface area contributed by atoms with E-state index in [0.717, 1.165) is 57.1 Å². The van der Waals surface area contributed by atoms with Crippen LogP contribution in [0.15, 0.2) is 48.5 Å². The molecule has 2 saturated heterocycles. The molecule has 10 nitrogen and oxygen atoms in total. The average Bonchev–Trinajstić information content (AvgIpc) is 3.05. The van der Waals surface area contributed by atoms with Gasteiger partial charge in [0.05, 0.1) is 11.9 Å². The Bertz CT molecular complexity index is 1410. The largest absolute Gasteiger partial charge is 0.457 e. The van der Waals surface area contributed by atoms with E-state index in [0.29, 0.717) is 49.7 Å². The first-order valence-electron chi connectivity index (χ1n) is 16.5. The SMILES string of the molecule is CCCCN1C(=O)[C@@H]([C@H](O)C2CCCCC2)NC(=O)C12CCN(Cc1ccc(Oc3ccc(NS(=O)(=O)CC)cc3)cc1)CC2.Cl. The van der Waals surface area contributed by atoms with E-state index in [4.69, 9.17) is 4.74 Å². The Balaban J connectivity index is 0.00000480. The zero-order valence-corrected chi connectivity index (χ0v) is 28.6. The van der Waals surface area contributed by atoms with Gasteiger partial charge in [0.2, 0.25) is 21.8 Å². The van der Waals surface area contributed by atoms with Gasteiger partial charge in [-0.1, -0.05) is 44.7 Å². The maximum atomic E-state index is 13.9. The van der Waals surface area contributed by atoms with E-state index in [1.165, 1.54) is 0 Å². The second-order valence-corrected chi connectivity index (χ2v) is 14.8. The molecule has 2 amide bonds. The van der Waals surface area contributed by atoms with E-state index in [9.17, 15) is 23.1 Å². The lowest BCUT2D eigenvalue weighted by atomic mass is 9.78. The number of nitrogens with zero attached hydrogens (tertiary/aromatic N) is 2. The Labute approximate surface area is 279 Å². The molecule has 3 aliphatic rings. The smallest absolute Gasteiger partial charge is 0.248 e. The Morgan fingerprint density at radius 1 is 0.978 bits per heavy atom. The molecule has 12 heteroatoms. The summed E-state index contributed by atoms with van der Waals surface area (Å²) in [6, 6.07) is 13.8. The first-order chi connectivity index (χ1) is 21.6. The van der Waals surface area contributed by atoms with Crippen molar-refractivity contribution < 1.29 is 27.9 Å². The second-order valence-electron chi connectivity index (χ2n) is 12.8. The van der Waals surface area contributed by atoms with Crippen LogP contribution >= 0.6 is 12.4 Å². The standard InChI is InChI=1S/C34H48N4O6S.ClH/c1-3-5-21-38-32(40)30(31(39)26-9-7-6-8-10-26)35-33(41)34(38)19-22-37(23-20-34)24-25-11-15-28(16-12-25)44-29-17-13-27(14-18-29)36-45(42,43)4-2;/h11-18,26,30-31,36,39H,3-10,19-24H2,1-2H3,(H,35,41);1H/t30-,31-;/m1./s1. The number of rotatable bonds is 12. The number of benzene rings is 2. The van der Waals surface area contributed by atoms with Crippen LogP contribution in [0.25, 0.3) is 0 Å². The third-order valence-corrected chi connectivity index (χ3v) is 11.0. The minimum atomic E-state index is -3.33. The summed E-state index contributed by atoms with van der Waals surface area (Å²) in [7, 11) is -3.33. The molecule has 46 heavy (non-hydrogen) atoms. The molecule has 0 bridgehead atoms. The van der Waals surface area contributed by atoms with E-state index in [2.05, 4.69) is 21.9 Å². The number of hydrogen-bond acceptors (Lipinski definition) is 7. The maximum Gasteiger partial charge on any atom is 0.248 e. The zero-order valence-electron chi connectivity index (χ0n) is 26.9. The van der Waals surface area contributed by atoms with Crippen molar-refractivity contribution in [3.05, 3.63) is 54.1 Å². The third kappa shape index (κ3) is 8.34. The van der Waals surface area contributed by atoms with Crippen LogP contribution in [0.4, 0.5) is 5.69 Å². The number of sulfonamides is 1. The highest BCUT2D eigenvalue weighted by Gasteiger charge is 2.55. The number of ether oxygens (including phenoxy) is 1. The summed E-state index contributed by atoms with van der Waals surface area (Å²) < 4.78 is 32.0. The van der Waals surface area contributed by atoms with E-state index >= 15 is 0 Å². The number of likely N-dealkylation sites (tertiary alicyclic amines) is 1. The number of aliphatic hydroxyl groups excluding tert-OH is 1. The fourth-order valence-electron chi connectivity index (χ4n) is 6.94. The van der Waals surface area contributed by atoms with Gasteiger partial charge in [0.1, 0.15) is 23.1 Å². The number of piperidine rings is 1. The Morgan fingerprint density at radius 2 is 1.59 bits per heavy atom. The number of carbonyl (C=O) groups is 2. The highest BCUT2D eigenvalue weighted by atomic mass is 35.5. The highest BCUT2D eigenvalue weighted by Crippen LogP contribution is 2.36. The number of amides is 2. The molecule has 0 radical (unpaired) electrons. The number of halogens is 1. The molecule has 0 aromatic heterocycles. The van der Waals surface area contributed by atoms with E-state index in [1.807, 2.05) is 29.2 Å². The van der Waals surface area contributed by atoms with Crippen molar-refractivity contribution in [3.8, 4) is 11.5 Å². The molecule has 2 aromatic rings. The molecular weight excluding hydrogens is 628 g/mol. The van der Waals surface area contributed by atoms with Crippen LogP contribution in [-0.4, -0.2) is 78.2 Å².